The fourth-order valence-electron chi connectivity index (χ4n) is 3.69. The Bertz CT molecular complexity index is 1270. The van der Waals surface area contributed by atoms with E-state index in [1.54, 1.807) is 36.5 Å². The number of anilines is 2. The molecule has 1 aromatic heterocycles. The highest BCUT2D eigenvalue weighted by atomic mass is 32.2. The Balaban J connectivity index is 1.74. The summed E-state index contributed by atoms with van der Waals surface area (Å²) in [5, 5.41) is 10.3. The van der Waals surface area contributed by atoms with Crippen LogP contribution in [0.4, 0.5) is 11.4 Å². The molecule has 1 heterocycles. The Morgan fingerprint density at radius 3 is 2.26 bits per heavy atom. The third kappa shape index (κ3) is 4.33. The Morgan fingerprint density at radius 1 is 0.839 bits per heavy atom. The van der Waals surface area contributed by atoms with Crippen LogP contribution in [0, 0.1) is 0 Å². The number of aryl methyl sites for hydroxylation is 2. The Hall–Kier alpha value is -3.55. The number of aromatic nitrogens is 1. The van der Waals surface area contributed by atoms with Crippen molar-refractivity contribution in [2.24, 2.45) is 0 Å². The average Bonchev–Trinajstić information content (AvgIpc) is 2.78. The molecule has 0 fully saturated rings. The van der Waals surface area contributed by atoms with Gasteiger partial charge in [0.25, 0.3) is 11.3 Å². The van der Waals surface area contributed by atoms with E-state index in [1.807, 2.05) is 48.5 Å². The van der Waals surface area contributed by atoms with Crippen molar-refractivity contribution >= 4 is 39.5 Å². The van der Waals surface area contributed by atoms with Crippen LogP contribution >= 0.6 is 0 Å². The summed E-state index contributed by atoms with van der Waals surface area (Å²) in [6.07, 6.45) is 2.64. The monoisotopic (exact) mass is 432 g/mol. The third-order valence-corrected chi connectivity index (χ3v) is 5.81. The van der Waals surface area contributed by atoms with Crippen LogP contribution in [0.3, 0.4) is 0 Å². The first kappa shape index (κ1) is 20.7. The van der Waals surface area contributed by atoms with Crippen molar-refractivity contribution < 1.29 is 18.7 Å². The predicted molar refractivity (Wildman–Crippen MR) is 122 cm³/mol. The van der Waals surface area contributed by atoms with E-state index in [4.69, 9.17) is 0 Å². The van der Waals surface area contributed by atoms with Crippen LogP contribution < -0.4 is 4.31 Å². The van der Waals surface area contributed by atoms with E-state index in [-0.39, 0.29) is 5.56 Å². The first-order valence-electron chi connectivity index (χ1n) is 9.70. The molecule has 0 bridgehead atoms. The maximum atomic E-state index is 12.4. The number of pyridine rings is 1. The molecule has 1 unspecified atom stereocenters. The van der Waals surface area contributed by atoms with Gasteiger partial charge in [-0.3, -0.25) is 9.54 Å². The first-order valence-corrected chi connectivity index (χ1v) is 10.8. The van der Waals surface area contributed by atoms with Crippen molar-refractivity contribution in [3.05, 3.63) is 102 Å². The molecule has 6 nitrogen and oxygen atoms in total. The number of fused-ring (bicyclic) bond motifs is 1. The molecule has 156 valence electrons. The largest absolute Gasteiger partial charge is 0.478 e. The quantitative estimate of drug-likeness (QED) is 0.401. The van der Waals surface area contributed by atoms with Crippen molar-refractivity contribution in [2.45, 2.75) is 12.8 Å². The van der Waals surface area contributed by atoms with Gasteiger partial charge in [-0.15, -0.1) is 0 Å². The minimum absolute atomic E-state index is 0.265. The second-order valence-corrected chi connectivity index (χ2v) is 7.79. The molecule has 0 aliphatic rings. The lowest BCUT2D eigenvalue weighted by atomic mass is 9.99. The summed E-state index contributed by atoms with van der Waals surface area (Å²) in [5.41, 5.74) is 3.54. The van der Waals surface area contributed by atoms with E-state index in [9.17, 15) is 18.7 Å². The molecular weight excluding hydrogens is 412 g/mol. The summed E-state index contributed by atoms with van der Waals surface area (Å²) in [6, 6.07) is 23.4. The zero-order valence-electron chi connectivity index (χ0n) is 16.5. The molecule has 0 radical (unpaired) electrons. The van der Waals surface area contributed by atoms with Crippen LogP contribution in [-0.4, -0.2) is 24.8 Å². The van der Waals surface area contributed by atoms with Gasteiger partial charge in [-0.2, -0.15) is 0 Å². The molecule has 1 atom stereocenters. The first-order chi connectivity index (χ1) is 15.1. The van der Waals surface area contributed by atoms with Gasteiger partial charge in [0.15, 0.2) is 0 Å². The number of hydrogen-bond donors (Lipinski definition) is 2. The van der Waals surface area contributed by atoms with Gasteiger partial charge in [-0.05, 0) is 48.2 Å². The molecule has 0 spiro atoms. The van der Waals surface area contributed by atoms with Crippen LogP contribution in [-0.2, 0) is 24.1 Å². The molecule has 3 aromatic carbocycles. The number of aromatic carboxylic acids is 1. The summed E-state index contributed by atoms with van der Waals surface area (Å²) < 4.78 is 24.0. The van der Waals surface area contributed by atoms with Crippen molar-refractivity contribution in [1.29, 1.82) is 0 Å². The van der Waals surface area contributed by atoms with Gasteiger partial charge < -0.3 is 5.11 Å². The van der Waals surface area contributed by atoms with Gasteiger partial charge in [-0.25, -0.2) is 13.3 Å². The second kappa shape index (κ2) is 9.07. The smallest absolute Gasteiger partial charge is 0.335 e. The lowest BCUT2D eigenvalue weighted by Crippen LogP contribution is -2.21. The molecule has 7 heteroatoms. The maximum Gasteiger partial charge on any atom is 0.335 e. The number of benzene rings is 3. The van der Waals surface area contributed by atoms with Crippen LogP contribution in [0.2, 0.25) is 0 Å². The number of carboxylic acid groups (broad SMARTS) is 1. The fraction of sp³-hybridized carbons (Fsp3) is 0.0833. The number of carbonyl (C=O) groups is 1. The average molecular weight is 433 g/mol. The number of para-hydroxylation sites is 2. The molecule has 0 aliphatic carbocycles. The van der Waals surface area contributed by atoms with E-state index in [0.29, 0.717) is 35.3 Å². The van der Waals surface area contributed by atoms with E-state index in [2.05, 4.69) is 4.98 Å². The third-order valence-electron chi connectivity index (χ3n) is 5.11. The minimum Gasteiger partial charge on any atom is -0.478 e. The lowest BCUT2D eigenvalue weighted by molar-refractivity contribution is 0.0695. The second-order valence-electron chi connectivity index (χ2n) is 6.97. The zero-order valence-corrected chi connectivity index (χ0v) is 17.3. The van der Waals surface area contributed by atoms with E-state index in [0.717, 1.165) is 10.9 Å². The summed E-state index contributed by atoms with van der Waals surface area (Å²) in [4.78, 5) is 15.9. The summed E-state index contributed by atoms with van der Waals surface area (Å²) in [6.45, 7) is 0. The van der Waals surface area contributed by atoms with Gasteiger partial charge in [0.1, 0.15) is 0 Å². The van der Waals surface area contributed by atoms with Crippen LogP contribution in [0.1, 0.15) is 21.5 Å². The lowest BCUT2D eigenvalue weighted by Gasteiger charge is -2.24. The molecule has 4 aromatic rings. The molecule has 2 N–H and O–H groups in total. The SMILES string of the molecule is O=C(O)c1ccccc1CCc1ccccc1N(c1cccc2cccnc12)S(=O)O. The number of rotatable bonds is 7. The number of hydrogen-bond acceptors (Lipinski definition) is 3. The topological polar surface area (TPSA) is 90.7 Å². The van der Waals surface area contributed by atoms with Crippen molar-refractivity contribution in [3.8, 4) is 0 Å². The van der Waals surface area contributed by atoms with Crippen molar-refractivity contribution in [1.82, 2.24) is 4.98 Å². The van der Waals surface area contributed by atoms with Crippen LogP contribution in [0.5, 0.6) is 0 Å². The number of carboxylic acids is 1. The van der Waals surface area contributed by atoms with Gasteiger partial charge in [0.2, 0.25) is 0 Å². The van der Waals surface area contributed by atoms with Gasteiger partial charge in [0.05, 0.1) is 22.5 Å². The van der Waals surface area contributed by atoms with Crippen LogP contribution in [0.25, 0.3) is 10.9 Å². The predicted octanol–water partition coefficient (Wildman–Crippen LogP) is 4.99. The summed E-state index contributed by atoms with van der Waals surface area (Å²) >= 11 is -2.33. The molecule has 0 saturated heterocycles. The molecule has 4 rings (SSSR count). The summed E-state index contributed by atoms with van der Waals surface area (Å²) in [7, 11) is 0. The molecule has 0 aliphatic heterocycles. The Labute approximate surface area is 182 Å². The van der Waals surface area contributed by atoms with Gasteiger partial charge >= 0.3 is 5.97 Å². The van der Waals surface area contributed by atoms with E-state index < -0.39 is 17.2 Å². The van der Waals surface area contributed by atoms with Crippen LogP contribution in [0.15, 0.2) is 85.1 Å². The number of nitrogens with zero attached hydrogens (tertiary/aromatic N) is 2. The highest BCUT2D eigenvalue weighted by molar-refractivity contribution is 7.81. The Kier molecular flexibility index (Phi) is 6.06. The highest BCUT2D eigenvalue weighted by Gasteiger charge is 2.21. The van der Waals surface area contributed by atoms with E-state index >= 15 is 0 Å². The van der Waals surface area contributed by atoms with Gasteiger partial charge in [0, 0.05) is 11.6 Å². The zero-order chi connectivity index (χ0) is 21.8. The van der Waals surface area contributed by atoms with Gasteiger partial charge in [-0.1, -0.05) is 54.6 Å². The summed E-state index contributed by atoms with van der Waals surface area (Å²) in [5.74, 6) is -0.969. The molecule has 0 amide bonds. The maximum absolute atomic E-state index is 12.4. The highest BCUT2D eigenvalue weighted by Crippen LogP contribution is 2.34. The minimum atomic E-state index is -2.33. The normalized spacial score (nSPS) is 11.9. The fourth-order valence-corrected chi connectivity index (χ4v) is 4.35. The van der Waals surface area contributed by atoms with E-state index in [1.165, 1.54) is 4.31 Å². The molecule has 0 saturated carbocycles. The molecular formula is C24H20N2O4S. The molecule has 31 heavy (non-hydrogen) atoms. The van der Waals surface area contributed by atoms with Crippen molar-refractivity contribution in [3.63, 3.8) is 0 Å². The van der Waals surface area contributed by atoms with Crippen molar-refractivity contribution in [2.75, 3.05) is 4.31 Å². The standard InChI is InChI=1S/C24H20N2O4S/c27-24(28)20-11-3-1-7-17(20)14-15-18-8-2-4-12-21(18)26(31(29)30)22-13-5-9-19-10-6-16-25-23(19)22/h1-13,16H,14-15H2,(H,27,28)(H,29,30). The Morgan fingerprint density at radius 2 is 1.48 bits per heavy atom.